The average Bonchev–Trinajstić information content (AvgIpc) is 2.09. The number of carbonyl (C=O) groups excluding carboxylic acids is 1. The highest BCUT2D eigenvalue weighted by atomic mass is 16.6. The molecule has 1 atom stereocenters. The third-order valence-electron chi connectivity index (χ3n) is 1.69. The Morgan fingerprint density at radius 2 is 2.30 bits per heavy atom. The van der Waals surface area contributed by atoms with Crippen molar-refractivity contribution < 1.29 is 14.6 Å². The first-order valence-corrected chi connectivity index (χ1v) is 3.25. The molecule has 0 amide bonds. The first-order valence-electron chi connectivity index (χ1n) is 3.25. The highest BCUT2D eigenvalue weighted by Crippen LogP contribution is 2.22. The standard InChI is InChI=1S/C7H10O3/c1-3-5-4(2)6(8)10-7(5)9/h7,9H,3H2,1-2H3. The Bertz CT molecular complexity index is 193. The molecule has 3 heteroatoms. The predicted octanol–water partition coefficient (Wildman–Crippen LogP) is 0.588. The lowest BCUT2D eigenvalue weighted by molar-refractivity contribution is -0.152. The molecule has 0 bridgehead atoms. The summed E-state index contributed by atoms with van der Waals surface area (Å²) >= 11 is 0. The van der Waals surface area contributed by atoms with Crippen LogP contribution >= 0.6 is 0 Å². The van der Waals surface area contributed by atoms with E-state index in [1.807, 2.05) is 6.92 Å². The van der Waals surface area contributed by atoms with E-state index in [0.29, 0.717) is 17.6 Å². The maximum Gasteiger partial charge on any atom is 0.336 e. The van der Waals surface area contributed by atoms with Gasteiger partial charge in [-0.15, -0.1) is 0 Å². The number of aliphatic hydroxyl groups is 1. The molecule has 0 aromatic carbocycles. The van der Waals surface area contributed by atoms with Crippen molar-refractivity contribution >= 4 is 5.97 Å². The van der Waals surface area contributed by atoms with E-state index < -0.39 is 12.3 Å². The van der Waals surface area contributed by atoms with Crippen LogP contribution in [-0.2, 0) is 9.53 Å². The Kier molecular flexibility index (Phi) is 1.76. The van der Waals surface area contributed by atoms with Crippen LogP contribution in [0.4, 0.5) is 0 Å². The van der Waals surface area contributed by atoms with Gasteiger partial charge in [-0.25, -0.2) is 4.79 Å². The number of ether oxygens (including phenoxy) is 1. The number of hydrogen-bond acceptors (Lipinski definition) is 3. The molecule has 56 valence electrons. The van der Waals surface area contributed by atoms with Gasteiger partial charge in [0.1, 0.15) is 0 Å². The minimum absolute atomic E-state index is 0.399. The minimum atomic E-state index is -0.988. The highest BCUT2D eigenvalue weighted by Gasteiger charge is 2.27. The molecule has 1 N–H and O–H groups in total. The van der Waals surface area contributed by atoms with Gasteiger partial charge in [0.05, 0.1) is 0 Å². The van der Waals surface area contributed by atoms with E-state index in [1.54, 1.807) is 6.92 Å². The van der Waals surface area contributed by atoms with E-state index in [-0.39, 0.29) is 0 Å². The summed E-state index contributed by atoms with van der Waals surface area (Å²) in [6, 6.07) is 0. The van der Waals surface area contributed by atoms with Gasteiger partial charge >= 0.3 is 5.97 Å². The van der Waals surface area contributed by atoms with Crippen LogP contribution < -0.4 is 0 Å². The van der Waals surface area contributed by atoms with Crippen molar-refractivity contribution in [2.45, 2.75) is 26.6 Å². The second kappa shape index (κ2) is 2.42. The van der Waals surface area contributed by atoms with E-state index in [4.69, 9.17) is 5.11 Å². The van der Waals surface area contributed by atoms with Crippen LogP contribution in [0, 0.1) is 0 Å². The minimum Gasteiger partial charge on any atom is -0.428 e. The Morgan fingerprint density at radius 3 is 2.50 bits per heavy atom. The van der Waals surface area contributed by atoms with Gasteiger partial charge in [-0.05, 0) is 13.3 Å². The summed E-state index contributed by atoms with van der Waals surface area (Å²) in [5.74, 6) is -0.399. The van der Waals surface area contributed by atoms with Gasteiger partial charge in [-0.3, -0.25) is 0 Å². The molecule has 3 nitrogen and oxygen atoms in total. The van der Waals surface area contributed by atoms with Crippen LogP contribution in [0.3, 0.4) is 0 Å². The molecule has 0 aliphatic carbocycles. The van der Waals surface area contributed by atoms with E-state index in [1.165, 1.54) is 0 Å². The summed E-state index contributed by atoms with van der Waals surface area (Å²) in [5.41, 5.74) is 1.25. The second-order valence-electron chi connectivity index (χ2n) is 2.26. The van der Waals surface area contributed by atoms with Gasteiger partial charge in [0.25, 0.3) is 0 Å². The van der Waals surface area contributed by atoms with Gasteiger partial charge < -0.3 is 9.84 Å². The summed E-state index contributed by atoms with van der Waals surface area (Å²) in [5, 5.41) is 9.03. The average molecular weight is 142 g/mol. The first-order chi connectivity index (χ1) is 4.66. The number of cyclic esters (lactones) is 1. The Hall–Kier alpha value is -0.830. The van der Waals surface area contributed by atoms with Crippen LogP contribution in [0.25, 0.3) is 0 Å². The smallest absolute Gasteiger partial charge is 0.336 e. The van der Waals surface area contributed by atoms with E-state index in [0.717, 1.165) is 0 Å². The Labute approximate surface area is 59.3 Å². The van der Waals surface area contributed by atoms with Crippen molar-refractivity contribution in [3.05, 3.63) is 11.1 Å². The first kappa shape index (κ1) is 7.28. The van der Waals surface area contributed by atoms with E-state index in [2.05, 4.69) is 4.74 Å². The predicted molar refractivity (Wildman–Crippen MR) is 35.1 cm³/mol. The summed E-state index contributed by atoms with van der Waals surface area (Å²) in [4.78, 5) is 10.7. The zero-order valence-electron chi connectivity index (χ0n) is 6.05. The van der Waals surface area contributed by atoms with Gasteiger partial charge in [0.15, 0.2) is 0 Å². The molecule has 1 aliphatic heterocycles. The molecule has 0 spiro atoms. The fourth-order valence-corrected chi connectivity index (χ4v) is 1.02. The lowest BCUT2D eigenvalue weighted by Crippen LogP contribution is -2.09. The van der Waals surface area contributed by atoms with Crippen LogP contribution in [0.1, 0.15) is 20.3 Å². The Balaban J connectivity index is 2.90. The Morgan fingerprint density at radius 1 is 1.70 bits per heavy atom. The molecule has 1 heterocycles. The molecule has 1 unspecified atom stereocenters. The highest BCUT2D eigenvalue weighted by molar-refractivity contribution is 5.91. The molecular formula is C7H10O3. The molecule has 0 saturated carbocycles. The van der Waals surface area contributed by atoms with Crippen molar-refractivity contribution in [1.82, 2.24) is 0 Å². The molecule has 1 rings (SSSR count). The molecule has 10 heavy (non-hydrogen) atoms. The molecule has 0 radical (unpaired) electrons. The zero-order valence-corrected chi connectivity index (χ0v) is 6.05. The third-order valence-corrected chi connectivity index (χ3v) is 1.69. The number of aliphatic hydroxyl groups excluding tert-OH is 1. The van der Waals surface area contributed by atoms with Crippen LogP contribution in [0.15, 0.2) is 11.1 Å². The summed E-state index contributed by atoms with van der Waals surface area (Å²) < 4.78 is 4.52. The van der Waals surface area contributed by atoms with Crippen LogP contribution in [0.2, 0.25) is 0 Å². The van der Waals surface area contributed by atoms with Gasteiger partial charge in [-0.2, -0.15) is 0 Å². The van der Waals surface area contributed by atoms with Gasteiger partial charge in [0, 0.05) is 11.1 Å². The fourth-order valence-electron chi connectivity index (χ4n) is 1.02. The molecular weight excluding hydrogens is 132 g/mol. The number of hydrogen-bond donors (Lipinski definition) is 1. The monoisotopic (exact) mass is 142 g/mol. The fraction of sp³-hybridized carbons (Fsp3) is 0.571. The number of rotatable bonds is 1. The third kappa shape index (κ3) is 0.926. The normalized spacial score (nSPS) is 25.5. The summed E-state index contributed by atoms with van der Waals surface area (Å²) in [6.07, 6.45) is -0.323. The maximum absolute atomic E-state index is 10.7. The maximum atomic E-state index is 10.7. The number of esters is 1. The van der Waals surface area contributed by atoms with Crippen LogP contribution in [0.5, 0.6) is 0 Å². The van der Waals surface area contributed by atoms with Crippen LogP contribution in [-0.4, -0.2) is 17.4 Å². The zero-order chi connectivity index (χ0) is 7.72. The summed E-state index contributed by atoms with van der Waals surface area (Å²) in [7, 11) is 0. The topological polar surface area (TPSA) is 46.5 Å². The largest absolute Gasteiger partial charge is 0.428 e. The van der Waals surface area contributed by atoms with Crippen molar-refractivity contribution in [2.24, 2.45) is 0 Å². The molecule has 1 aliphatic rings. The van der Waals surface area contributed by atoms with Crippen molar-refractivity contribution in [3.63, 3.8) is 0 Å². The second-order valence-corrected chi connectivity index (χ2v) is 2.26. The van der Waals surface area contributed by atoms with Crippen molar-refractivity contribution in [2.75, 3.05) is 0 Å². The molecule has 0 saturated heterocycles. The quantitative estimate of drug-likeness (QED) is 0.545. The molecule has 0 aromatic rings. The number of carbonyl (C=O) groups is 1. The van der Waals surface area contributed by atoms with Crippen molar-refractivity contribution in [1.29, 1.82) is 0 Å². The van der Waals surface area contributed by atoms with E-state index in [9.17, 15) is 4.79 Å². The van der Waals surface area contributed by atoms with E-state index >= 15 is 0 Å². The lowest BCUT2D eigenvalue weighted by Gasteiger charge is -2.02. The van der Waals surface area contributed by atoms with Crippen molar-refractivity contribution in [3.8, 4) is 0 Å². The van der Waals surface area contributed by atoms with Gasteiger partial charge in [0.2, 0.25) is 6.29 Å². The summed E-state index contributed by atoms with van der Waals surface area (Å²) in [6.45, 7) is 3.54. The lowest BCUT2D eigenvalue weighted by atomic mass is 10.1. The molecule has 0 fully saturated rings. The van der Waals surface area contributed by atoms with Gasteiger partial charge in [-0.1, -0.05) is 6.92 Å². The molecule has 0 aromatic heterocycles. The SMILES string of the molecule is CCC1=C(C)C(=O)OC1O.